The molecule has 0 fully saturated rings. The van der Waals surface area contributed by atoms with E-state index in [9.17, 15) is 4.79 Å². The molecule has 0 unspecified atom stereocenters. The zero-order chi connectivity index (χ0) is 20.3. The number of carbonyl (C=O) groups is 1. The lowest BCUT2D eigenvalue weighted by molar-refractivity contribution is 0.101. The molecule has 2 aromatic carbocycles. The smallest absolute Gasteiger partial charge is 0.277 e. The number of benzene rings is 2. The first-order valence-electron chi connectivity index (χ1n) is 9.08. The molecule has 0 saturated heterocycles. The van der Waals surface area contributed by atoms with Gasteiger partial charge in [-0.3, -0.25) is 4.79 Å². The summed E-state index contributed by atoms with van der Waals surface area (Å²) in [5.74, 6) is 0.942. The van der Waals surface area contributed by atoms with Crippen molar-refractivity contribution >= 4 is 22.9 Å². The number of carbonyl (C=O) groups excluding carboxylic acids is 1. The van der Waals surface area contributed by atoms with Gasteiger partial charge in [0, 0.05) is 11.6 Å². The molecule has 146 valence electrons. The number of anilines is 1. The standard InChI is InChI=1S/C22H14N4O3S/c27-21(17-13-18(28-25-17)19-11-6-12-30-19)23-16-10-5-4-9-15(16)22-24-20(26-29-22)14-7-2-1-3-8-14/h1-13H,(H,23,27). The van der Waals surface area contributed by atoms with Crippen LogP contribution in [0.3, 0.4) is 0 Å². The molecule has 1 N–H and O–H groups in total. The first-order valence-corrected chi connectivity index (χ1v) is 9.96. The lowest BCUT2D eigenvalue weighted by atomic mass is 10.1. The average Bonchev–Trinajstić information content (AvgIpc) is 3.56. The molecule has 0 aliphatic heterocycles. The monoisotopic (exact) mass is 414 g/mol. The summed E-state index contributed by atoms with van der Waals surface area (Å²) in [4.78, 5) is 18.1. The number of rotatable bonds is 5. The Labute approximate surface area is 175 Å². The molecule has 5 aromatic rings. The van der Waals surface area contributed by atoms with Gasteiger partial charge in [0.2, 0.25) is 5.82 Å². The van der Waals surface area contributed by atoms with E-state index >= 15 is 0 Å². The van der Waals surface area contributed by atoms with Gasteiger partial charge in [-0.15, -0.1) is 11.3 Å². The van der Waals surface area contributed by atoms with Gasteiger partial charge in [-0.2, -0.15) is 4.98 Å². The van der Waals surface area contributed by atoms with Gasteiger partial charge in [0.15, 0.2) is 11.5 Å². The maximum Gasteiger partial charge on any atom is 0.277 e. The molecule has 0 aliphatic rings. The fourth-order valence-electron chi connectivity index (χ4n) is 2.92. The van der Waals surface area contributed by atoms with E-state index in [1.165, 1.54) is 11.3 Å². The van der Waals surface area contributed by atoms with Crippen LogP contribution in [0.25, 0.3) is 33.5 Å². The summed E-state index contributed by atoms with van der Waals surface area (Å²) in [6, 6.07) is 22.2. The van der Waals surface area contributed by atoms with Crippen LogP contribution in [0, 0.1) is 0 Å². The third-order valence-corrected chi connectivity index (χ3v) is 5.25. The van der Waals surface area contributed by atoms with Crippen molar-refractivity contribution < 1.29 is 13.8 Å². The van der Waals surface area contributed by atoms with Gasteiger partial charge in [0.05, 0.1) is 16.1 Å². The van der Waals surface area contributed by atoms with E-state index in [-0.39, 0.29) is 5.69 Å². The number of para-hydroxylation sites is 1. The molecule has 0 spiro atoms. The second kappa shape index (κ2) is 7.76. The maximum atomic E-state index is 12.7. The molecule has 1 amide bonds. The lowest BCUT2D eigenvalue weighted by Gasteiger charge is -2.06. The van der Waals surface area contributed by atoms with E-state index < -0.39 is 5.91 Å². The van der Waals surface area contributed by atoms with Crippen molar-refractivity contribution in [2.24, 2.45) is 0 Å². The SMILES string of the molecule is O=C(Nc1ccccc1-c1nc(-c2ccccc2)no1)c1cc(-c2cccs2)on1. The normalized spacial score (nSPS) is 10.8. The summed E-state index contributed by atoms with van der Waals surface area (Å²) in [7, 11) is 0. The Balaban J connectivity index is 1.40. The molecule has 3 aromatic heterocycles. The zero-order valence-electron chi connectivity index (χ0n) is 15.5. The molecule has 7 nitrogen and oxygen atoms in total. The third kappa shape index (κ3) is 3.51. The molecule has 0 saturated carbocycles. The van der Waals surface area contributed by atoms with Gasteiger partial charge in [-0.1, -0.05) is 58.8 Å². The molecule has 0 radical (unpaired) electrons. The van der Waals surface area contributed by atoms with Crippen LogP contribution in [0.1, 0.15) is 10.5 Å². The van der Waals surface area contributed by atoms with E-state index in [1.54, 1.807) is 18.2 Å². The van der Waals surface area contributed by atoms with Gasteiger partial charge in [-0.05, 0) is 23.6 Å². The summed E-state index contributed by atoms with van der Waals surface area (Å²) >= 11 is 1.51. The Morgan fingerprint density at radius 2 is 1.73 bits per heavy atom. The minimum absolute atomic E-state index is 0.184. The van der Waals surface area contributed by atoms with E-state index in [4.69, 9.17) is 9.05 Å². The second-order valence-corrected chi connectivity index (χ2v) is 7.29. The van der Waals surface area contributed by atoms with Gasteiger partial charge in [0.25, 0.3) is 11.8 Å². The Bertz CT molecular complexity index is 1290. The molecule has 0 aliphatic carbocycles. The van der Waals surface area contributed by atoms with Crippen LogP contribution < -0.4 is 5.32 Å². The van der Waals surface area contributed by atoms with Crippen LogP contribution in [0.2, 0.25) is 0 Å². The molecular formula is C22H14N4O3S. The van der Waals surface area contributed by atoms with Gasteiger partial charge >= 0.3 is 0 Å². The van der Waals surface area contributed by atoms with Crippen LogP contribution in [0.5, 0.6) is 0 Å². The van der Waals surface area contributed by atoms with Crippen molar-refractivity contribution in [2.45, 2.75) is 0 Å². The predicted octanol–water partition coefficient (Wildman–Crippen LogP) is 5.37. The van der Waals surface area contributed by atoms with Crippen LogP contribution in [-0.4, -0.2) is 21.2 Å². The second-order valence-electron chi connectivity index (χ2n) is 6.34. The summed E-state index contributed by atoms with van der Waals surface area (Å²) in [6.45, 7) is 0. The van der Waals surface area contributed by atoms with Crippen LogP contribution in [0.4, 0.5) is 5.69 Å². The van der Waals surface area contributed by atoms with Crippen molar-refractivity contribution in [3.8, 4) is 33.5 Å². The number of nitrogens with one attached hydrogen (secondary N) is 1. The number of amides is 1. The van der Waals surface area contributed by atoms with E-state index in [0.29, 0.717) is 28.7 Å². The first-order chi connectivity index (χ1) is 14.8. The maximum absolute atomic E-state index is 12.7. The summed E-state index contributed by atoms with van der Waals surface area (Å²) in [6.07, 6.45) is 0. The first kappa shape index (κ1) is 18.0. The Morgan fingerprint density at radius 1 is 0.900 bits per heavy atom. The van der Waals surface area contributed by atoms with E-state index in [1.807, 2.05) is 60.0 Å². The molecule has 8 heteroatoms. The fraction of sp³-hybridized carbons (Fsp3) is 0. The molecular weight excluding hydrogens is 400 g/mol. The molecule has 5 rings (SSSR count). The van der Waals surface area contributed by atoms with E-state index in [0.717, 1.165) is 10.4 Å². The number of nitrogens with zero attached hydrogens (tertiary/aromatic N) is 3. The quantitative estimate of drug-likeness (QED) is 0.415. The average molecular weight is 414 g/mol. The summed E-state index contributed by atoms with van der Waals surface area (Å²) in [5.41, 5.74) is 2.18. The number of aromatic nitrogens is 3. The van der Waals surface area contributed by atoms with Gasteiger partial charge in [0.1, 0.15) is 0 Å². The zero-order valence-corrected chi connectivity index (χ0v) is 16.3. The van der Waals surface area contributed by atoms with Crippen LogP contribution in [0.15, 0.2) is 87.2 Å². The van der Waals surface area contributed by atoms with Crippen molar-refractivity contribution in [2.75, 3.05) is 5.32 Å². The highest BCUT2D eigenvalue weighted by atomic mass is 32.1. The van der Waals surface area contributed by atoms with Gasteiger partial charge < -0.3 is 14.4 Å². The number of hydrogen-bond donors (Lipinski definition) is 1. The molecule has 3 heterocycles. The van der Waals surface area contributed by atoms with Crippen molar-refractivity contribution in [1.29, 1.82) is 0 Å². The highest BCUT2D eigenvalue weighted by molar-refractivity contribution is 7.13. The van der Waals surface area contributed by atoms with Crippen LogP contribution in [-0.2, 0) is 0 Å². The van der Waals surface area contributed by atoms with Crippen molar-refractivity contribution in [3.05, 3.63) is 83.9 Å². The van der Waals surface area contributed by atoms with Crippen molar-refractivity contribution in [1.82, 2.24) is 15.3 Å². The van der Waals surface area contributed by atoms with E-state index in [2.05, 4.69) is 20.6 Å². The van der Waals surface area contributed by atoms with Gasteiger partial charge in [-0.25, -0.2) is 0 Å². The Morgan fingerprint density at radius 3 is 2.57 bits per heavy atom. The molecule has 0 bridgehead atoms. The summed E-state index contributed by atoms with van der Waals surface area (Å²) < 4.78 is 10.7. The largest absolute Gasteiger partial charge is 0.355 e. The minimum Gasteiger partial charge on any atom is -0.355 e. The molecule has 30 heavy (non-hydrogen) atoms. The van der Waals surface area contributed by atoms with Crippen LogP contribution >= 0.6 is 11.3 Å². The molecule has 0 atom stereocenters. The lowest BCUT2D eigenvalue weighted by Crippen LogP contribution is -2.12. The number of hydrogen-bond acceptors (Lipinski definition) is 7. The number of thiophene rings is 1. The van der Waals surface area contributed by atoms with Crippen molar-refractivity contribution in [3.63, 3.8) is 0 Å². The highest BCUT2D eigenvalue weighted by Gasteiger charge is 2.18. The fourth-order valence-corrected chi connectivity index (χ4v) is 3.59. The topological polar surface area (TPSA) is 94.1 Å². The highest BCUT2D eigenvalue weighted by Crippen LogP contribution is 2.29. The Hall–Kier alpha value is -4.04. The minimum atomic E-state index is -0.392. The third-order valence-electron chi connectivity index (χ3n) is 4.37. The Kier molecular flexibility index (Phi) is 4.66. The predicted molar refractivity (Wildman–Crippen MR) is 113 cm³/mol. The summed E-state index contributed by atoms with van der Waals surface area (Å²) in [5, 5.41) is 12.7.